The third-order valence-corrected chi connectivity index (χ3v) is 2.85. The fourth-order valence-electron chi connectivity index (χ4n) is 1.70. The van der Waals surface area contributed by atoms with E-state index in [1.54, 1.807) is 6.20 Å². The maximum Gasteiger partial charge on any atom is 0.180 e. The predicted molar refractivity (Wildman–Crippen MR) is 69.0 cm³/mol. The molecule has 0 aliphatic heterocycles. The maximum absolute atomic E-state index is 4.50. The minimum Gasteiger partial charge on any atom is -0.373 e. The Morgan fingerprint density at radius 3 is 2.53 bits per heavy atom. The van der Waals surface area contributed by atoms with E-state index < -0.39 is 0 Å². The highest BCUT2D eigenvalue weighted by atomic mass is 15.0. The highest BCUT2D eigenvalue weighted by molar-refractivity contribution is 5.58. The van der Waals surface area contributed by atoms with Crippen LogP contribution in [-0.4, -0.2) is 22.0 Å². The number of aromatic nitrogens is 3. The van der Waals surface area contributed by atoms with Gasteiger partial charge in [-0.15, -0.1) is 0 Å². The maximum atomic E-state index is 4.50. The van der Waals surface area contributed by atoms with Crippen molar-refractivity contribution in [3.63, 3.8) is 0 Å². The third kappa shape index (κ3) is 2.11. The predicted octanol–water partition coefficient (Wildman–Crippen LogP) is 2.51. The van der Waals surface area contributed by atoms with Crippen molar-refractivity contribution >= 4 is 5.82 Å². The number of rotatable bonds is 2. The monoisotopic (exact) mass is 228 g/mol. The SMILES string of the molecule is CNc1nc(-c2ncccc2C)nc(C)c1C. The van der Waals surface area contributed by atoms with Gasteiger partial charge >= 0.3 is 0 Å². The first-order valence-corrected chi connectivity index (χ1v) is 5.58. The first-order valence-electron chi connectivity index (χ1n) is 5.58. The van der Waals surface area contributed by atoms with Gasteiger partial charge in [-0.2, -0.15) is 0 Å². The molecule has 0 bridgehead atoms. The average molecular weight is 228 g/mol. The van der Waals surface area contributed by atoms with Gasteiger partial charge < -0.3 is 5.32 Å². The number of nitrogens with one attached hydrogen (secondary N) is 1. The molecule has 0 saturated heterocycles. The van der Waals surface area contributed by atoms with Crippen molar-refractivity contribution in [2.45, 2.75) is 20.8 Å². The molecule has 0 aliphatic carbocycles. The Kier molecular flexibility index (Phi) is 3.04. The Bertz CT molecular complexity index is 549. The Labute approximate surface area is 101 Å². The highest BCUT2D eigenvalue weighted by Crippen LogP contribution is 2.21. The second-order valence-corrected chi connectivity index (χ2v) is 4.03. The minimum atomic E-state index is 0.676. The number of hydrogen-bond donors (Lipinski definition) is 1. The molecule has 0 radical (unpaired) electrons. The summed E-state index contributed by atoms with van der Waals surface area (Å²) in [6.45, 7) is 6.01. The molecule has 0 amide bonds. The van der Waals surface area contributed by atoms with Gasteiger partial charge in [0.1, 0.15) is 11.5 Å². The molecule has 0 atom stereocenters. The van der Waals surface area contributed by atoms with E-state index >= 15 is 0 Å². The second kappa shape index (κ2) is 4.49. The molecule has 17 heavy (non-hydrogen) atoms. The van der Waals surface area contributed by atoms with E-state index in [0.29, 0.717) is 5.82 Å². The summed E-state index contributed by atoms with van der Waals surface area (Å²) in [5.41, 5.74) is 3.97. The second-order valence-electron chi connectivity index (χ2n) is 4.03. The number of pyridine rings is 1. The summed E-state index contributed by atoms with van der Waals surface area (Å²) in [4.78, 5) is 13.3. The van der Waals surface area contributed by atoms with Crippen molar-refractivity contribution in [1.82, 2.24) is 15.0 Å². The van der Waals surface area contributed by atoms with Crippen molar-refractivity contribution in [1.29, 1.82) is 0 Å². The van der Waals surface area contributed by atoms with E-state index in [9.17, 15) is 0 Å². The van der Waals surface area contributed by atoms with Crippen molar-refractivity contribution in [3.8, 4) is 11.5 Å². The van der Waals surface area contributed by atoms with Crippen LogP contribution in [0.15, 0.2) is 18.3 Å². The van der Waals surface area contributed by atoms with E-state index in [1.807, 2.05) is 40.0 Å². The zero-order valence-electron chi connectivity index (χ0n) is 10.6. The summed E-state index contributed by atoms with van der Waals surface area (Å²) in [6, 6.07) is 3.93. The minimum absolute atomic E-state index is 0.676. The molecule has 4 nitrogen and oxygen atoms in total. The molecular weight excluding hydrogens is 212 g/mol. The topological polar surface area (TPSA) is 50.7 Å². The van der Waals surface area contributed by atoms with Crippen LogP contribution in [0.2, 0.25) is 0 Å². The normalized spacial score (nSPS) is 10.4. The van der Waals surface area contributed by atoms with Gasteiger partial charge in [-0.25, -0.2) is 9.97 Å². The van der Waals surface area contributed by atoms with Gasteiger partial charge in [-0.05, 0) is 32.4 Å². The molecule has 2 aromatic rings. The molecule has 2 rings (SSSR count). The lowest BCUT2D eigenvalue weighted by molar-refractivity contribution is 1.05. The smallest absolute Gasteiger partial charge is 0.180 e. The Balaban J connectivity index is 2.61. The largest absolute Gasteiger partial charge is 0.373 e. The molecule has 4 heteroatoms. The number of anilines is 1. The fourth-order valence-corrected chi connectivity index (χ4v) is 1.70. The molecule has 2 heterocycles. The molecule has 1 N–H and O–H groups in total. The van der Waals surface area contributed by atoms with Crippen molar-refractivity contribution < 1.29 is 0 Å². The number of nitrogens with zero attached hydrogens (tertiary/aromatic N) is 3. The molecule has 0 unspecified atom stereocenters. The summed E-state index contributed by atoms with van der Waals surface area (Å²) in [5, 5.41) is 3.09. The average Bonchev–Trinajstić information content (AvgIpc) is 2.33. The molecule has 0 fully saturated rings. The number of hydrogen-bond acceptors (Lipinski definition) is 4. The van der Waals surface area contributed by atoms with E-state index in [2.05, 4.69) is 20.3 Å². The highest BCUT2D eigenvalue weighted by Gasteiger charge is 2.11. The van der Waals surface area contributed by atoms with Gasteiger partial charge in [0.05, 0.1) is 0 Å². The van der Waals surface area contributed by atoms with Gasteiger partial charge in [0, 0.05) is 24.5 Å². The van der Waals surface area contributed by atoms with Crippen molar-refractivity contribution in [3.05, 3.63) is 35.2 Å². The van der Waals surface area contributed by atoms with Crippen LogP contribution >= 0.6 is 0 Å². The molecule has 0 aliphatic rings. The fraction of sp³-hybridized carbons (Fsp3) is 0.308. The summed E-state index contributed by atoms with van der Waals surface area (Å²) in [7, 11) is 1.86. The van der Waals surface area contributed by atoms with E-state index in [0.717, 1.165) is 28.3 Å². The Morgan fingerprint density at radius 1 is 1.12 bits per heavy atom. The van der Waals surface area contributed by atoms with Crippen molar-refractivity contribution in [2.24, 2.45) is 0 Å². The summed E-state index contributed by atoms with van der Waals surface area (Å²) >= 11 is 0. The molecule has 0 spiro atoms. The van der Waals surface area contributed by atoms with E-state index in [4.69, 9.17) is 0 Å². The van der Waals surface area contributed by atoms with Crippen LogP contribution in [0.25, 0.3) is 11.5 Å². The van der Waals surface area contributed by atoms with E-state index in [1.165, 1.54) is 0 Å². The summed E-state index contributed by atoms with van der Waals surface area (Å²) in [6.07, 6.45) is 1.76. The van der Waals surface area contributed by atoms with Crippen LogP contribution in [-0.2, 0) is 0 Å². The van der Waals surface area contributed by atoms with Crippen LogP contribution in [0.4, 0.5) is 5.82 Å². The van der Waals surface area contributed by atoms with Gasteiger partial charge in [-0.3, -0.25) is 4.98 Å². The summed E-state index contributed by atoms with van der Waals surface area (Å²) in [5.74, 6) is 1.54. The molecular formula is C13H16N4. The first-order chi connectivity index (χ1) is 8.13. The molecule has 0 saturated carbocycles. The lowest BCUT2D eigenvalue weighted by Crippen LogP contribution is -2.04. The van der Waals surface area contributed by atoms with Gasteiger partial charge in [0.25, 0.3) is 0 Å². The Morgan fingerprint density at radius 2 is 1.88 bits per heavy atom. The zero-order chi connectivity index (χ0) is 12.4. The third-order valence-electron chi connectivity index (χ3n) is 2.85. The van der Waals surface area contributed by atoms with Gasteiger partial charge in [0.15, 0.2) is 5.82 Å². The molecule has 88 valence electrons. The van der Waals surface area contributed by atoms with Crippen LogP contribution in [0.3, 0.4) is 0 Å². The van der Waals surface area contributed by atoms with Gasteiger partial charge in [-0.1, -0.05) is 6.07 Å². The molecule has 0 aromatic carbocycles. The first kappa shape index (κ1) is 11.5. The lowest BCUT2D eigenvalue weighted by atomic mass is 10.2. The van der Waals surface area contributed by atoms with Crippen LogP contribution in [0, 0.1) is 20.8 Å². The van der Waals surface area contributed by atoms with Crippen LogP contribution in [0.1, 0.15) is 16.8 Å². The van der Waals surface area contributed by atoms with E-state index in [-0.39, 0.29) is 0 Å². The van der Waals surface area contributed by atoms with Gasteiger partial charge in [0.2, 0.25) is 0 Å². The Hall–Kier alpha value is -1.97. The van der Waals surface area contributed by atoms with Crippen molar-refractivity contribution in [2.75, 3.05) is 12.4 Å². The van der Waals surface area contributed by atoms with Crippen LogP contribution < -0.4 is 5.32 Å². The molecule has 2 aromatic heterocycles. The lowest BCUT2D eigenvalue weighted by Gasteiger charge is -2.10. The van der Waals surface area contributed by atoms with Crippen LogP contribution in [0.5, 0.6) is 0 Å². The quantitative estimate of drug-likeness (QED) is 0.858. The zero-order valence-corrected chi connectivity index (χ0v) is 10.6. The summed E-state index contributed by atoms with van der Waals surface area (Å²) < 4.78 is 0. The number of aryl methyl sites for hydroxylation is 2. The standard InChI is InChI=1S/C13H16N4/c1-8-6-5-7-15-11(8)13-16-10(3)9(2)12(14-4)17-13/h5-7H,1-4H3,(H,14,16,17).